The molecular weight excluding hydrogens is 218 g/mol. The molecule has 0 aliphatic heterocycles. The van der Waals surface area contributed by atoms with Gasteiger partial charge in [0.15, 0.2) is 0 Å². The standard InChI is InChI=1S/C11H17N5O/c12-9-6-10(15-7-14-9)13-5-1-2-11(17)16-8-3-4-8/h6-8H,1-5H2,(H,16,17)(H3,12,13,14,15). The number of rotatable bonds is 6. The van der Waals surface area contributed by atoms with Gasteiger partial charge in [0.1, 0.15) is 18.0 Å². The summed E-state index contributed by atoms with van der Waals surface area (Å²) in [7, 11) is 0. The molecule has 6 heteroatoms. The fourth-order valence-electron chi connectivity index (χ4n) is 1.46. The molecule has 4 N–H and O–H groups in total. The maximum atomic E-state index is 11.4. The van der Waals surface area contributed by atoms with Crippen LogP contribution in [-0.4, -0.2) is 28.5 Å². The monoisotopic (exact) mass is 235 g/mol. The minimum atomic E-state index is 0.136. The Bertz CT molecular complexity index is 391. The smallest absolute Gasteiger partial charge is 0.220 e. The van der Waals surface area contributed by atoms with Gasteiger partial charge in [-0.25, -0.2) is 9.97 Å². The van der Waals surface area contributed by atoms with Crippen LogP contribution in [0.3, 0.4) is 0 Å². The highest BCUT2D eigenvalue weighted by molar-refractivity contribution is 5.76. The molecule has 6 nitrogen and oxygen atoms in total. The van der Waals surface area contributed by atoms with Crippen molar-refractivity contribution < 1.29 is 4.79 Å². The second-order valence-electron chi connectivity index (χ2n) is 4.20. The van der Waals surface area contributed by atoms with E-state index in [1.165, 1.54) is 6.33 Å². The lowest BCUT2D eigenvalue weighted by molar-refractivity contribution is -0.121. The Morgan fingerprint density at radius 2 is 2.29 bits per heavy atom. The minimum absolute atomic E-state index is 0.136. The highest BCUT2D eigenvalue weighted by Gasteiger charge is 2.22. The van der Waals surface area contributed by atoms with Crippen LogP contribution in [0, 0.1) is 0 Å². The lowest BCUT2D eigenvalue weighted by Crippen LogP contribution is -2.25. The summed E-state index contributed by atoms with van der Waals surface area (Å²) in [5.41, 5.74) is 5.52. The second kappa shape index (κ2) is 5.47. The Morgan fingerprint density at radius 3 is 3.00 bits per heavy atom. The maximum Gasteiger partial charge on any atom is 0.220 e. The summed E-state index contributed by atoms with van der Waals surface area (Å²) in [6, 6.07) is 2.11. The normalized spacial score (nSPS) is 14.4. The van der Waals surface area contributed by atoms with Gasteiger partial charge in [-0.3, -0.25) is 4.79 Å². The van der Waals surface area contributed by atoms with Crippen molar-refractivity contribution in [2.24, 2.45) is 0 Å². The molecule has 0 radical (unpaired) electrons. The average molecular weight is 235 g/mol. The van der Waals surface area contributed by atoms with Crippen LogP contribution in [0.5, 0.6) is 0 Å². The van der Waals surface area contributed by atoms with Gasteiger partial charge in [0.05, 0.1) is 0 Å². The van der Waals surface area contributed by atoms with E-state index in [0.717, 1.165) is 19.3 Å². The number of anilines is 2. The zero-order chi connectivity index (χ0) is 12.1. The molecule has 0 spiro atoms. The molecule has 1 fully saturated rings. The zero-order valence-corrected chi connectivity index (χ0v) is 9.65. The summed E-state index contributed by atoms with van der Waals surface area (Å²) in [6.45, 7) is 0.703. The molecule has 1 aromatic rings. The molecule has 0 atom stereocenters. The van der Waals surface area contributed by atoms with Crippen LogP contribution in [0.4, 0.5) is 11.6 Å². The first-order chi connectivity index (χ1) is 8.24. The molecule has 0 bridgehead atoms. The lowest BCUT2D eigenvalue weighted by atomic mass is 10.3. The van der Waals surface area contributed by atoms with E-state index in [0.29, 0.717) is 30.6 Å². The Hall–Kier alpha value is -1.85. The molecule has 1 aliphatic carbocycles. The number of nitrogens with two attached hydrogens (primary N) is 1. The number of amides is 1. The topological polar surface area (TPSA) is 92.9 Å². The first-order valence-corrected chi connectivity index (χ1v) is 5.85. The van der Waals surface area contributed by atoms with Crippen molar-refractivity contribution in [3.63, 3.8) is 0 Å². The summed E-state index contributed by atoms with van der Waals surface area (Å²) >= 11 is 0. The van der Waals surface area contributed by atoms with E-state index >= 15 is 0 Å². The quantitative estimate of drug-likeness (QED) is 0.625. The van der Waals surface area contributed by atoms with Crippen LogP contribution in [0.25, 0.3) is 0 Å². The number of aromatic nitrogens is 2. The minimum Gasteiger partial charge on any atom is -0.384 e. The van der Waals surface area contributed by atoms with Crippen molar-refractivity contribution in [3.05, 3.63) is 12.4 Å². The molecule has 17 heavy (non-hydrogen) atoms. The van der Waals surface area contributed by atoms with Crippen molar-refractivity contribution in [2.45, 2.75) is 31.7 Å². The van der Waals surface area contributed by atoms with Crippen molar-refractivity contribution in [1.82, 2.24) is 15.3 Å². The predicted molar refractivity (Wildman–Crippen MR) is 65.3 cm³/mol. The van der Waals surface area contributed by atoms with Crippen LogP contribution < -0.4 is 16.4 Å². The molecular formula is C11H17N5O. The highest BCUT2D eigenvalue weighted by Crippen LogP contribution is 2.18. The Morgan fingerprint density at radius 1 is 1.47 bits per heavy atom. The molecule has 0 aromatic carbocycles. The van der Waals surface area contributed by atoms with Gasteiger partial charge >= 0.3 is 0 Å². The predicted octanol–water partition coefficient (Wildman–Crippen LogP) is 0.529. The van der Waals surface area contributed by atoms with Gasteiger partial charge in [0.25, 0.3) is 0 Å². The third kappa shape index (κ3) is 4.26. The molecule has 0 unspecified atom stereocenters. The molecule has 92 valence electrons. The van der Waals surface area contributed by atoms with Gasteiger partial charge in [-0.05, 0) is 19.3 Å². The number of nitrogens with zero attached hydrogens (tertiary/aromatic N) is 2. The Kier molecular flexibility index (Phi) is 3.74. The third-order valence-corrected chi connectivity index (χ3v) is 2.52. The number of nitrogen functional groups attached to an aromatic ring is 1. The summed E-state index contributed by atoms with van der Waals surface area (Å²) in [5, 5.41) is 6.05. The third-order valence-electron chi connectivity index (χ3n) is 2.52. The SMILES string of the molecule is Nc1cc(NCCCC(=O)NC2CC2)ncn1. The Balaban J connectivity index is 1.60. The summed E-state index contributed by atoms with van der Waals surface area (Å²) < 4.78 is 0. The summed E-state index contributed by atoms with van der Waals surface area (Å²) in [5.74, 6) is 1.27. The van der Waals surface area contributed by atoms with Gasteiger partial charge in [-0.1, -0.05) is 0 Å². The van der Waals surface area contributed by atoms with Crippen LogP contribution in [-0.2, 0) is 4.79 Å². The maximum absolute atomic E-state index is 11.4. The first kappa shape index (κ1) is 11.6. The van der Waals surface area contributed by atoms with E-state index < -0.39 is 0 Å². The Labute approximate surface area is 100 Å². The van der Waals surface area contributed by atoms with Gasteiger partial charge in [-0.15, -0.1) is 0 Å². The van der Waals surface area contributed by atoms with Crippen molar-refractivity contribution in [1.29, 1.82) is 0 Å². The molecule has 1 aliphatic rings. The molecule has 2 rings (SSSR count). The van der Waals surface area contributed by atoms with Gasteiger partial charge in [-0.2, -0.15) is 0 Å². The lowest BCUT2D eigenvalue weighted by Gasteiger charge is -2.06. The summed E-state index contributed by atoms with van der Waals surface area (Å²) in [6.07, 6.45) is 5.00. The molecule has 1 aromatic heterocycles. The largest absolute Gasteiger partial charge is 0.384 e. The number of hydrogen-bond donors (Lipinski definition) is 3. The van der Waals surface area contributed by atoms with Gasteiger partial charge < -0.3 is 16.4 Å². The number of carbonyl (C=O) groups is 1. The van der Waals surface area contributed by atoms with Gasteiger partial charge in [0.2, 0.25) is 5.91 Å². The average Bonchev–Trinajstić information content (AvgIpc) is 3.08. The fourth-order valence-corrected chi connectivity index (χ4v) is 1.46. The van der Waals surface area contributed by atoms with Crippen molar-refractivity contribution >= 4 is 17.5 Å². The van der Waals surface area contributed by atoms with E-state index in [1.54, 1.807) is 6.07 Å². The van der Waals surface area contributed by atoms with Crippen molar-refractivity contribution in [2.75, 3.05) is 17.6 Å². The number of nitrogens with one attached hydrogen (secondary N) is 2. The van der Waals surface area contributed by atoms with Crippen LogP contribution >= 0.6 is 0 Å². The van der Waals surface area contributed by atoms with Crippen LogP contribution in [0.15, 0.2) is 12.4 Å². The molecule has 1 heterocycles. The van der Waals surface area contributed by atoms with E-state index in [2.05, 4.69) is 20.6 Å². The van der Waals surface area contributed by atoms with Crippen LogP contribution in [0.1, 0.15) is 25.7 Å². The fraction of sp³-hybridized carbons (Fsp3) is 0.545. The highest BCUT2D eigenvalue weighted by atomic mass is 16.1. The number of carbonyl (C=O) groups excluding carboxylic acids is 1. The van der Waals surface area contributed by atoms with Crippen LogP contribution in [0.2, 0.25) is 0 Å². The first-order valence-electron chi connectivity index (χ1n) is 5.85. The van der Waals surface area contributed by atoms with Crippen molar-refractivity contribution in [3.8, 4) is 0 Å². The van der Waals surface area contributed by atoms with E-state index in [4.69, 9.17) is 5.73 Å². The van der Waals surface area contributed by atoms with E-state index in [1.807, 2.05) is 0 Å². The second-order valence-corrected chi connectivity index (χ2v) is 4.20. The molecule has 0 saturated heterocycles. The van der Waals surface area contributed by atoms with E-state index in [9.17, 15) is 4.79 Å². The van der Waals surface area contributed by atoms with E-state index in [-0.39, 0.29) is 5.91 Å². The molecule has 1 amide bonds. The summed E-state index contributed by atoms with van der Waals surface area (Å²) in [4.78, 5) is 19.2. The number of hydrogen-bond acceptors (Lipinski definition) is 5. The molecule has 1 saturated carbocycles. The van der Waals surface area contributed by atoms with Gasteiger partial charge in [0, 0.05) is 25.1 Å². The zero-order valence-electron chi connectivity index (χ0n) is 9.65.